The molecular formula is C29H27N3O4S. The molecule has 4 aromatic rings. The maximum atomic E-state index is 13.5. The molecule has 1 aliphatic rings. The molecule has 1 amide bonds. The molecule has 37 heavy (non-hydrogen) atoms. The molecule has 5 rings (SSSR count). The fourth-order valence-electron chi connectivity index (χ4n) is 4.57. The van der Waals surface area contributed by atoms with Gasteiger partial charge in [-0.15, -0.1) is 0 Å². The first-order valence-electron chi connectivity index (χ1n) is 12.2. The van der Waals surface area contributed by atoms with Gasteiger partial charge in [0, 0.05) is 18.0 Å². The number of Topliss-reactive ketones (excluding diaryl/α,β-unsaturated/α-hetero) is 1. The number of carbonyl (C=O) groups excluding carboxylic acids is 2. The Kier molecular flexibility index (Phi) is 6.76. The van der Waals surface area contributed by atoms with Crippen molar-refractivity contribution in [1.29, 1.82) is 0 Å². The van der Waals surface area contributed by atoms with Crippen molar-refractivity contribution in [2.45, 2.75) is 39.7 Å². The van der Waals surface area contributed by atoms with Crippen molar-refractivity contribution in [3.8, 4) is 5.75 Å². The molecule has 1 unspecified atom stereocenters. The van der Waals surface area contributed by atoms with Crippen molar-refractivity contribution in [2.24, 2.45) is 0 Å². The van der Waals surface area contributed by atoms with Gasteiger partial charge in [0.25, 0.3) is 5.78 Å². The number of aryl methyl sites for hydroxylation is 2. The highest BCUT2D eigenvalue weighted by atomic mass is 32.1. The van der Waals surface area contributed by atoms with E-state index in [1.807, 2.05) is 26.0 Å². The van der Waals surface area contributed by atoms with E-state index < -0.39 is 17.7 Å². The predicted octanol–water partition coefficient (Wildman–Crippen LogP) is 6.11. The first-order valence-corrected chi connectivity index (χ1v) is 13.0. The van der Waals surface area contributed by atoms with E-state index in [1.54, 1.807) is 48.8 Å². The van der Waals surface area contributed by atoms with Gasteiger partial charge in [0.1, 0.15) is 11.5 Å². The summed E-state index contributed by atoms with van der Waals surface area (Å²) in [5.41, 5.74) is 3.87. The Labute approximate surface area is 219 Å². The van der Waals surface area contributed by atoms with Gasteiger partial charge < -0.3 is 9.84 Å². The maximum absolute atomic E-state index is 13.5. The monoisotopic (exact) mass is 513 g/mol. The number of ketones is 1. The molecule has 0 saturated carbocycles. The number of ether oxygens (including phenoxy) is 1. The molecule has 0 radical (unpaired) electrons. The zero-order valence-corrected chi connectivity index (χ0v) is 21.7. The summed E-state index contributed by atoms with van der Waals surface area (Å²) < 4.78 is 6.72. The third-order valence-corrected chi connectivity index (χ3v) is 7.34. The van der Waals surface area contributed by atoms with Gasteiger partial charge in [-0.3, -0.25) is 19.5 Å². The van der Waals surface area contributed by atoms with Crippen molar-refractivity contribution in [2.75, 3.05) is 11.5 Å². The van der Waals surface area contributed by atoms with Crippen LogP contribution in [-0.4, -0.2) is 33.4 Å². The number of carbonyl (C=O) groups is 2. The summed E-state index contributed by atoms with van der Waals surface area (Å²) in [4.78, 5) is 37.2. The summed E-state index contributed by atoms with van der Waals surface area (Å²) in [5.74, 6) is -1.18. The number of aliphatic hydroxyl groups excluding tert-OH is 1. The maximum Gasteiger partial charge on any atom is 0.301 e. The summed E-state index contributed by atoms with van der Waals surface area (Å²) in [7, 11) is 0. The van der Waals surface area contributed by atoms with Gasteiger partial charge in [-0.25, -0.2) is 4.98 Å². The quantitative estimate of drug-likeness (QED) is 0.139. The number of rotatable bonds is 7. The van der Waals surface area contributed by atoms with Crippen LogP contribution in [0.25, 0.3) is 16.0 Å². The van der Waals surface area contributed by atoms with Gasteiger partial charge in [0.2, 0.25) is 0 Å². The Hall–Kier alpha value is -4.04. The van der Waals surface area contributed by atoms with E-state index in [9.17, 15) is 14.7 Å². The second-order valence-corrected chi connectivity index (χ2v) is 10.1. The van der Waals surface area contributed by atoms with Gasteiger partial charge in [-0.1, -0.05) is 48.9 Å². The van der Waals surface area contributed by atoms with Gasteiger partial charge in [0.15, 0.2) is 5.13 Å². The minimum Gasteiger partial charge on any atom is -0.507 e. The fourth-order valence-corrected chi connectivity index (χ4v) is 5.74. The molecule has 188 valence electrons. The minimum absolute atomic E-state index is 0.00383. The number of hydrogen-bond donors (Lipinski definition) is 1. The molecular weight excluding hydrogens is 486 g/mol. The topological polar surface area (TPSA) is 92.6 Å². The van der Waals surface area contributed by atoms with Crippen molar-refractivity contribution < 1.29 is 19.4 Å². The molecule has 1 atom stereocenters. The molecule has 0 aliphatic carbocycles. The number of anilines is 1. The van der Waals surface area contributed by atoms with E-state index in [0.29, 0.717) is 28.6 Å². The highest BCUT2D eigenvalue weighted by molar-refractivity contribution is 7.22. The number of fused-ring (bicyclic) bond motifs is 1. The van der Waals surface area contributed by atoms with Gasteiger partial charge >= 0.3 is 5.91 Å². The second-order valence-electron chi connectivity index (χ2n) is 9.11. The molecule has 2 aromatic heterocycles. The Balaban J connectivity index is 1.65. The van der Waals surface area contributed by atoms with Crippen molar-refractivity contribution in [1.82, 2.24) is 9.97 Å². The summed E-state index contributed by atoms with van der Waals surface area (Å²) in [6.45, 7) is 6.61. The van der Waals surface area contributed by atoms with Crippen LogP contribution in [0.4, 0.5) is 5.13 Å². The number of unbranched alkanes of at least 4 members (excludes halogenated alkanes) is 1. The van der Waals surface area contributed by atoms with Crippen LogP contribution in [0.5, 0.6) is 5.75 Å². The van der Waals surface area contributed by atoms with E-state index in [-0.39, 0.29) is 11.3 Å². The van der Waals surface area contributed by atoms with Crippen LogP contribution in [-0.2, 0) is 9.59 Å². The van der Waals surface area contributed by atoms with Gasteiger partial charge in [-0.2, -0.15) is 0 Å². The standard InChI is InChI=1S/C29H27N3O4S/c1-4-5-12-36-21-10-6-8-19(15-21)26(33)23-25(20-9-7-11-30-16-20)32(28(35)27(23)34)29-31-24-18(3)13-17(2)14-22(24)37-29/h6-11,13-16,25,33H,4-5,12H2,1-3H3. The lowest BCUT2D eigenvalue weighted by atomic mass is 9.96. The number of benzene rings is 2. The minimum atomic E-state index is -0.875. The van der Waals surface area contributed by atoms with Crippen molar-refractivity contribution in [3.63, 3.8) is 0 Å². The lowest BCUT2D eigenvalue weighted by molar-refractivity contribution is -0.132. The molecule has 2 aromatic carbocycles. The Morgan fingerprint density at radius 2 is 1.97 bits per heavy atom. The number of aromatic nitrogens is 2. The Morgan fingerprint density at radius 1 is 1.14 bits per heavy atom. The number of amides is 1. The van der Waals surface area contributed by atoms with E-state index in [4.69, 9.17) is 9.72 Å². The smallest absolute Gasteiger partial charge is 0.301 e. The number of hydrogen-bond acceptors (Lipinski definition) is 7. The lowest BCUT2D eigenvalue weighted by Crippen LogP contribution is -2.29. The SMILES string of the molecule is CCCCOc1cccc(C(O)=C2C(=O)C(=O)N(c3nc4c(C)cc(C)cc4s3)C2c2cccnc2)c1. The highest BCUT2D eigenvalue weighted by Crippen LogP contribution is 2.44. The molecule has 3 heterocycles. The van der Waals surface area contributed by atoms with Crippen LogP contribution in [0.15, 0.2) is 66.5 Å². The first-order chi connectivity index (χ1) is 17.9. The Bertz CT molecular complexity index is 1530. The molecule has 1 saturated heterocycles. The van der Waals surface area contributed by atoms with Crippen molar-refractivity contribution >= 4 is 44.1 Å². The average Bonchev–Trinajstić information content (AvgIpc) is 3.43. The normalized spacial score (nSPS) is 17.1. The third-order valence-electron chi connectivity index (χ3n) is 6.34. The van der Waals surface area contributed by atoms with Crippen LogP contribution < -0.4 is 9.64 Å². The molecule has 1 fully saturated rings. The largest absolute Gasteiger partial charge is 0.507 e. The number of pyridine rings is 1. The van der Waals surface area contributed by atoms with Crippen LogP contribution in [0.3, 0.4) is 0 Å². The van der Waals surface area contributed by atoms with E-state index in [2.05, 4.69) is 11.9 Å². The molecule has 8 heteroatoms. The zero-order chi connectivity index (χ0) is 26.1. The predicted molar refractivity (Wildman–Crippen MR) is 145 cm³/mol. The first kappa shape index (κ1) is 24.6. The third kappa shape index (κ3) is 4.60. The summed E-state index contributed by atoms with van der Waals surface area (Å²) in [6.07, 6.45) is 5.13. The van der Waals surface area contributed by atoms with Crippen molar-refractivity contribution in [3.05, 3.63) is 88.8 Å². The number of nitrogens with zero attached hydrogens (tertiary/aromatic N) is 3. The molecule has 0 bridgehead atoms. The summed E-state index contributed by atoms with van der Waals surface area (Å²) in [5, 5.41) is 11.8. The molecule has 7 nitrogen and oxygen atoms in total. The molecule has 1 aliphatic heterocycles. The van der Waals surface area contributed by atoms with Gasteiger partial charge in [-0.05, 0) is 61.2 Å². The lowest BCUT2D eigenvalue weighted by Gasteiger charge is -2.22. The highest BCUT2D eigenvalue weighted by Gasteiger charge is 2.48. The number of aliphatic hydroxyl groups is 1. The molecule has 1 N–H and O–H groups in total. The van der Waals surface area contributed by atoms with Crippen LogP contribution >= 0.6 is 11.3 Å². The van der Waals surface area contributed by atoms with Crippen LogP contribution in [0, 0.1) is 13.8 Å². The fraction of sp³-hybridized carbons (Fsp3) is 0.241. The van der Waals surface area contributed by atoms with E-state index in [0.717, 1.165) is 34.2 Å². The average molecular weight is 514 g/mol. The number of thiazole rings is 1. The van der Waals surface area contributed by atoms with Crippen LogP contribution in [0.2, 0.25) is 0 Å². The van der Waals surface area contributed by atoms with E-state index >= 15 is 0 Å². The summed E-state index contributed by atoms with van der Waals surface area (Å²) >= 11 is 1.35. The molecule has 0 spiro atoms. The van der Waals surface area contributed by atoms with Crippen LogP contribution in [0.1, 0.15) is 48.1 Å². The van der Waals surface area contributed by atoms with E-state index in [1.165, 1.54) is 16.2 Å². The second kappa shape index (κ2) is 10.1. The zero-order valence-electron chi connectivity index (χ0n) is 20.9. The Morgan fingerprint density at radius 3 is 2.73 bits per heavy atom. The van der Waals surface area contributed by atoms with Gasteiger partial charge in [0.05, 0.1) is 28.4 Å². The summed E-state index contributed by atoms with van der Waals surface area (Å²) in [6, 6.07) is 13.6.